The maximum absolute atomic E-state index is 13.8. The van der Waals surface area contributed by atoms with Crippen LogP contribution in [0.2, 0.25) is 0 Å². The molecule has 0 radical (unpaired) electrons. The topological polar surface area (TPSA) is 40.6 Å². The zero-order chi connectivity index (χ0) is 22.8. The first-order chi connectivity index (χ1) is 16.1. The Hall–Kier alpha value is -3.40. The number of hydrogen-bond acceptors (Lipinski definition) is 2. The van der Waals surface area contributed by atoms with Crippen LogP contribution in [-0.4, -0.2) is 28.2 Å². The molecular weight excluding hydrogens is 408 g/mol. The van der Waals surface area contributed by atoms with Crippen LogP contribution in [0.1, 0.15) is 63.5 Å². The van der Waals surface area contributed by atoms with E-state index < -0.39 is 0 Å². The van der Waals surface area contributed by atoms with Crippen molar-refractivity contribution in [3.63, 3.8) is 0 Å². The summed E-state index contributed by atoms with van der Waals surface area (Å²) in [5.74, 6) is 0.278. The Morgan fingerprint density at radius 1 is 0.939 bits per heavy atom. The normalized spacial score (nSPS) is 17.3. The molecule has 4 nitrogen and oxygen atoms in total. The summed E-state index contributed by atoms with van der Waals surface area (Å²) < 4.78 is 0. The van der Waals surface area contributed by atoms with Crippen LogP contribution in [0.3, 0.4) is 0 Å². The summed E-state index contributed by atoms with van der Waals surface area (Å²) in [6.07, 6.45) is 3.53. The van der Waals surface area contributed by atoms with Crippen molar-refractivity contribution in [3.8, 4) is 0 Å². The number of rotatable bonds is 6. The van der Waals surface area contributed by atoms with Crippen LogP contribution >= 0.6 is 0 Å². The third kappa shape index (κ3) is 4.56. The molecule has 3 aromatic carbocycles. The number of likely N-dealkylation sites (tertiary alicyclic amines) is 1. The van der Waals surface area contributed by atoms with E-state index in [4.69, 9.17) is 0 Å². The molecule has 0 aromatic heterocycles. The predicted octanol–water partition coefficient (Wildman–Crippen LogP) is 5.45. The van der Waals surface area contributed by atoms with E-state index >= 15 is 0 Å². The third-order valence-electron chi connectivity index (χ3n) is 6.96. The van der Waals surface area contributed by atoms with Crippen molar-refractivity contribution >= 4 is 11.8 Å². The highest BCUT2D eigenvalue weighted by Gasteiger charge is 2.31. The van der Waals surface area contributed by atoms with Gasteiger partial charge < -0.3 is 9.80 Å². The Kier molecular flexibility index (Phi) is 5.99. The van der Waals surface area contributed by atoms with Gasteiger partial charge in [0, 0.05) is 31.6 Å². The Balaban J connectivity index is 1.40. The summed E-state index contributed by atoms with van der Waals surface area (Å²) in [6, 6.07) is 24.8. The molecule has 0 spiro atoms. The standard InChI is InChI=1S/C29H30N2O2/c1-21-8-10-23(11-9-21)20-31(27-17-16-24-5-2-3-6-26(24)27)29(33)25-14-12-22(13-15-25)19-30-18-4-7-28(30)32/h2-3,5-6,8-15,27H,4,7,16-20H2,1H3. The summed E-state index contributed by atoms with van der Waals surface area (Å²) in [5.41, 5.74) is 6.73. The predicted molar refractivity (Wildman–Crippen MR) is 130 cm³/mol. The van der Waals surface area contributed by atoms with E-state index in [-0.39, 0.29) is 17.9 Å². The SMILES string of the molecule is Cc1ccc(CN(C(=O)c2ccc(CN3CCCC3=O)cc2)C2CCc3ccccc32)cc1. The van der Waals surface area contributed by atoms with Gasteiger partial charge in [0.05, 0.1) is 6.04 Å². The zero-order valence-electron chi connectivity index (χ0n) is 19.2. The van der Waals surface area contributed by atoms with Crippen molar-refractivity contribution < 1.29 is 9.59 Å². The molecule has 1 heterocycles. The van der Waals surface area contributed by atoms with Crippen LogP contribution in [0.15, 0.2) is 72.8 Å². The summed E-state index contributed by atoms with van der Waals surface area (Å²) >= 11 is 0. The molecule has 4 heteroatoms. The van der Waals surface area contributed by atoms with E-state index in [1.54, 1.807) is 0 Å². The van der Waals surface area contributed by atoms with Gasteiger partial charge in [0.1, 0.15) is 0 Å². The fraction of sp³-hybridized carbons (Fsp3) is 0.310. The van der Waals surface area contributed by atoms with Crippen molar-refractivity contribution in [2.75, 3.05) is 6.54 Å². The van der Waals surface area contributed by atoms with Gasteiger partial charge in [-0.05, 0) is 60.6 Å². The first-order valence-corrected chi connectivity index (χ1v) is 11.9. The van der Waals surface area contributed by atoms with E-state index in [9.17, 15) is 9.59 Å². The van der Waals surface area contributed by atoms with Crippen molar-refractivity contribution in [2.24, 2.45) is 0 Å². The molecule has 2 aliphatic rings. The Bertz CT molecular complexity index is 1150. The lowest BCUT2D eigenvalue weighted by Gasteiger charge is -2.30. The summed E-state index contributed by atoms with van der Waals surface area (Å²) in [5, 5.41) is 0. The lowest BCUT2D eigenvalue weighted by Crippen LogP contribution is -2.33. The van der Waals surface area contributed by atoms with E-state index in [1.165, 1.54) is 16.7 Å². The maximum atomic E-state index is 13.8. The summed E-state index contributed by atoms with van der Waals surface area (Å²) in [7, 11) is 0. The van der Waals surface area contributed by atoms with Crippen molar-refractivity contribution in [2.45, 2.75) is 51.7 Å². The second kappa shape index (κ2) is 9.22. The lowest BCUT2D eigenvalue weighted by molar-refractivity contribution is -0.128. The van der Waals surface area contributed by atoms with Crippen molar-refractivity contribution in [1.82, 2.24) is 9.80 Å². The highest BCUT2D eigenvalue weighted by Crippen LogP contribution is 2.37. The molecule has 0 saturated carbocycles. The average Bonchev–Trinajstić information content (AvgIpc) is 3.45. The van der Waals surface area contributed by atoms with Gasteiger partial charge in [0.15, 0.2) is 0 Å². The molecule has 1 aliphatic carbocycles. The zero-order valence-corrected chi connectivity index (χ0v) is 19.2. The van der Waals surface area contributed by atoms with Crippen molar-refractivity contribution in [1.29, 1.82) is 0 Å². The first-order valence-electron chi connectivity index (χ1n) is 11.9. The van der Waals surface area contributed by atoms with Crippen molar-refractivity contribution in [3.05, 3.63) is 106 Å². The molecule has 0 N–H and O–H groups in total. The molecule has 1 fully saturated rings. The molecule has 2 amide bonds. The van der Waals surface area contributed by atoms with Crippen LogP contribution in [-0.2, 0) is 24.3 Å². The monoisotopic (exact) mass is 438 g/mol. The van der Waals surface area contributed by atoms with Crippen LogP contribution < -0.4 is 0 Å². The third-order valence-corrected chi connectivity index (χ3v) is 6.96. The average molecular weight is 439 g/mol. The maximum Gasteiger partial charge on any atom is 0.254 e. The molecule has 1 unspecified atom stereocenters. The van der Waals surface area contributed by atoms with E-state index in [0.29, 0.717) is 25.1 Å². The van der Waals surface area contributed by atoms with Gasteiger partial charge in [0.2, 0.25) is 5.91 Å². The number of hydrogen-bond donors (Lipinski definition) is 0. The number of fused-ring (bicyclic) bond motifs is 1. The van der Waals surface area contributed by atoms with Gasteiger partial charge in [-0.15, -0.1) is 0 Å². The number of carbonyl (C=O) groups is 2. The van der Waals surface area contributed by atoms with Crippen LogP contribution in [0, 0.1) is 6.92 Å². The van der Waals surface area contributed by atoms with Gasteiger partial charge in [-0.1, -0.05) is 66.2 Å². The fourth-order valence-corrected chi connectivity index (χ4v) is 5.08. The summed E-state index contributed by atoms with van der Waals surface area (Å²) in [4.78, 5) is 29.7. The smallest absolute Gasteiger partial charge is 0.254 e. The summed E-state index contributed by atoms with van der Waals surface area (Å²) in [6.45, 7) is 4.11. The Labute approximate surface area is 195 Å². The molecule has 1 saturated heterocycles. The lowest BCUT2D eigenvalue weighted by atomic mass is 10.0. The van der Waals surface area contributed by atoms with Crippen LogP contribution in [0.25, 0.3) is 0 Å². The second-order valence-corrected chi connectivity index (χ2v) is 9.29. The van der Waals surface area contributed by atoms with Gasteiger partial charge in [-0.2, -0.15) is 0 Å². The minimum Gasteiger partial charge on any atom is -0.338 e. The molecule has 168 valence electrons. The number of nitrogens with zero attached hydrogens (tertiary/aromatic N) is 2. The van der Waals surface area contributed by atoms with Gasteiger partial charge in [-0.3, -0.25) is 9.59 Å². The fourth-order valence-electron chi connectivity index (χ4n) is 5.08. The van der Waals surface area contributed by atoms with E-state index in [1.807, 2.05) is 34.1 Å². The van der Waals surface area contributed by atoms with Gasteiger partial charge in [-0.25, -0.2) is 0 Å². The van der Waals surface area contributed by atoms with Gasteiger partial charge >= 0.3 is 0 Å². The minimum atomic E-state index is 0.0566. The number of amides is 2. The first kappa shape index (κ1) is 21.4. The highest BCUT2D eigenvalue weighted by molar-refractivity contribution is 5.94. The Morgan fingerprint density at radius 2 is 1.67 bits per heavy atom. The second-order valence-electron chi connectivity index (χ2n) is 9.29. The Morgan fingerprint density at radius 3 is 2.39 bits per heavy atom. The molecule has 5 rings (SSSR count). The number of benzene rings is 3. The van der Waals surface area contributed by atoms with Gasteiger partial charge in [0.25, 0.3) is 5.91 Å². The largest absolute Gasteiger partial charge is 0.338 e. The number of aryl methyl sites for hydroxylation is 2. The molecule has 1 aliphatic heterocycles. The van der Waals surface area contributed by atoms with Crippen LogP contribution in [0.5, 0.6) is 0 Å². The quantitative estimate of drug-likeness (QED) is 0.514. The van der Waals surface area contributed by atoms with Crippen LogP contribution in [0.4, 0.5) is 0 Å². The molecule has 33 heavy (non-hydrogen) atoms. The van der Waals surface area contributed by atoms with E-state index in [0.717, 1.165) is 36.9 Å². The highest BCUT2D eigenvalue weighted by atomic mass is 16.2. The number of carbonyl (C=O) groups excluding carboxylic acids is 2. The molecule has 3 aromatic rings. The molecule has 0 bridgehead atoms. The molecular formula is C29H30N2O2. The molecule has 1 atom stereocenters. The minimum absolute atomic E-state index is 0.0566. The van der Waals surface area contributed by atoms with E-state index in [2.05, 4.69) is 55.5 Å².